The van der Waals surface area contributed by atoms with Crippen LogP contribution in [-0.2, 0) is 4.74 Å². The van der Waals surface area contributed by atoms with E-state index in [-0.39, 0.29) is 30.0 Å². The van der Waals surface area contributed by atoms with Crippen LogP contribution >= 0.6 is 0 Å². The van der Waals surface area contributed by atoms with Gasteiger partial charge in [-0.05, 0) is 44.5 Å². The molecule has 1 aliphatic heterocycles. The molecule has 8 heteroatoms. The monoisotopic (exact) mass is 420 g/mol. The third kappa shape index (κ3) is 6.34. The molecule has 2 N–H and O–H groups in total. The van der Waals surface area contributed by atoms with Crippen molar-refractivity contribution in [2.45, 2.75) is 39.3 Å². The van der Waals surface area contributed by atoms with Crippen LogP contribution in [-0.4, -0.2) is 81.3 Å². The molecular weight excluding hydrogens is 384 g/mol. The number of rotatable bonds is 4. The van der Waals surface area contributed by atoms with E-state index in [0.717, 1.165) is 13.0 Å². The van der Waals surface area contributed by atoms with E-state index in [0.29, 0.717) is 36.7 Å². The van der Waals surface area contributed by atoms with Crippen LogP contribution in [0.3, 0.4) is 0 Å². The molecule has 1 aromatic rings. The summed E-state index contributed by atoms with van der Waals surface area (Å²) in [5.41, 5.74) is 0.963. The van der Waals surface area contributed by atoms with Crippen LogP contribution in [0.2, 0.25) is 0 Å². The largest absolute Gasteiger partial charge is 0.491 e. The van der Waals surface area contributed by atoms with Crippen LogP contribution in [0.15, 0.2) is 18.2 Å². The van der Waals surface area contributed by atoms with Crippen molar-refractivity contribution in [3.8, 4) is 5.75 Å². The van der Waals surface area contributed by atoms with Gasteiger partial charge in [0.15, 0.2) is 0 Å². The van der Waals surface area contributed by atoms with Crippen molar-refractivity contribution >= 4 is 17.6 Å². The summed E-state index contributed by atoms with van der Waals surface area (Å²) < 4.78 is 11.7. The fourth-order valence-corrected chi connectivity index (χ4v) is 3.45. The molecule has 8 nitrogen and oxygen atoms in total. The second kappa shape index (κ2) is 11.2. The highest BCUT2D eigenvalue weighted by atomic mass is 16.5. The molecule has 0 fully saturated rings. The van der Waals surface area contributed by atoms with Gasteiger partial charge in [-0.1, -0.05) is 13.8 Å². The highest BCUT2D eigenvalue weighted by Gasteiger charge is 2.27. The molecule has 168 valence electrons. The van der Waals surface area contributed by atoms with E-state index < -0.39 is 0 Å². The summed E-state index contributed by atoms with van der Waals surface area (Å²) in [5.74, 6) is 0.583. The van der Waals surface area contributed by atoms with E-state index in [9.17, 15) is 9.59 Å². The van der Waals surface area contributed by atoms with Crippen LogP contribution < -0.4 is 15.4 Å². The summed E-state index contributed by atoms with van der Waals surface area (Å²) in [7, 11) is 5.51. The van der Waals surface area contributed by atoms with Crippen LogP contribution in [0.4, 0.5) is 10.5 Å². The highest BCUT2D eigenvalue weighted by molar-refractivity contribution is 5.99. The van der Waals surface area contributed by atoms with Crippen molar-refractivity contribution in [3.63, 3.8) is 0 Å². The van der Waals surface area contributed by atoms with E-state index in [4.69, 9.17) is 9.47 Å². The maximum Gasteiger partial charge on any atom is 0.319 e. The molecule has 3 amide bonds. The zero-order valence-corrected chi connectivity index (χ0v) is 19.0. The second-order valence-corrected chi connectivity index (χ2v) is 8.13. The first-order valence-corrected chi connectivity index (χ1v) is 10.6. The number of likely N-dealkylation sites (N-methyl/N-ethyl adjacent to an activating group) is 2. The number of benzene rings is 1. The van der Waals surface area contributed by atoms with Gasteiger partial charge in [0, 0.05) is 45.5 Å². The normalized spacial score (nSPS) is 23.6. The molecule has 0 aliphatic carbocycles. The summed E-state index contributed by atoms with van der Waals surface area (Å²) >= 11 is 0. The van der Waals surface area contributed by atoms with Gasteiger partial charge in [0.25, 0.3) is 5.91 Å². The van der Waals surface area contributed by atoms with Gasteiger partial charge < -0.3 is 25.0 Å². The van der Waals surface area contributed by atoms with E-state index in [1.54, 1.807) is 37.3 Å². The van der Waals surface area contributed by atoms with Crippen LogP contribution in [0.1, 0.15) is 37.6 Å². The molecule has 2 rings (SSSR count). The summed E-state index contributed by atoms with van der Waals surface area (Å²) in [6, 6.07) is 5.03. The van der Waals surface area contributed by atoms with Crippen molar-refractivity contribution in [1.29, 1.82) is 0 Å². The third-order valence-electron chi connectivity index (χ3n) is 5.55. The number of nitrogens with zero attached hydrogens (tertiary/aromatic N) is 2. The van der Waals surface area contributed by atoms with Crippen molar-refractivity contribution < 1.29 is 19.1 Å². The van der Waals surface area contributed by atoms with Crippen LogP contribution in [0.25, 0.3) is 0 Å². The number of urea groups is 1. The van der Waals surface area contributed by atoms with Crippen LogP contribution in [0.5, 0.6) is 5.75 Å². The smallest absolute Gasteiger partial charge is 0.319 e. The molecule has 0 saturated heterocycles. The minimum absolute atomic E-state index is 0.0847. The first kappa shape index (κ1) is 24.0. The minimum atomic E-state index is -0.296. The molecule has 30 heavy (non-hydrogen) atoms. The number of methoxy groups -OCH3 is 1. The summed E-state index contributed by atoms with van der Waals surface area (Å²) in [6.45, 7) is 8.56. The first-order valence-electron chi connectivity index (χ1n) is 10.6. The molecule has 1 heterocycles. The van der Waals surface area contributed by atoms with Gasteiger partial charge in [-0.2, -0.15) is 0 Å². The second-order valence-electron chi connectivity index (χ2n) is 8.13. The Bertz CT molecular complexity index is 727. The quantitative estimate of drug-likeness (QED) is 0.783. The Morgan fingerprint density at radius 2 is 2.00 bits per heavy atom. The predicted molar refractivity (Wildman–Crippen MR) is 118 cm³/mol. The maximum atomic E-state index is 13.2. The van der Waals surface area contributed by atoms with Crippen molar-refractivity contribution in [1.82, 2.24) is 15.1 Å². The zero-order chi connectivity index (χ0) is 22.3. The average Bonchev–Trinajstić information content (AvgIpc) is 2.73. The molecule has 1 aromatic carbocycles. The van der Waals surface area contributed by atoms with Gasteiger partial charge in [-0.15, -0.1) is 0 Å². The Morgan fingerprint density at radius 3 is 2.67 bits per heavy atom. The summed E-state index contributed by atoms with van der Waals surface area (Å²) in [6.07, 6.45) is 0.763. The molecular formula is C22H36N4O4. The molecule has 0 unspecified atom stereocenters. The zero-order valence-electron chi connectivity index (χ0n) is 19.0. The summed E-state index contributed by atoms with van der Waals surface area (Å²) in [4.78, 5) is 29.1. The maximum absolute atomic E-state index is 13.2. The fraction of sp³-hybridized carbons (Fsp3) is 0.636. The lowest BCUT2D eigenvalue weighted by molar-refractivity contribution is 0.0150. The van der Waals surface area contributed by atoms with E-state index >= 15 is 0 Å². The van der Waals surface area contributed by atoms with Crippen LogP contribution in [0, 0.1) is 5.92 Å². The SMILES string of the molecule is CCCNC(=O)Nc1ccc2c(c1)C(=O)N(C)C[C@@H](OC)[C@H](C)CN(C)[C@@H](C)CO2. The number of anilines is 1. The first-order chi connectivity index (χ1) is 14.3. The average molecular weight is 421 g/mol. The number of carbonyl (C=O) groups is 2. The number of carbonyl (C=O) groups excluding carboxylic acids is 2. The molecule has 0 radical (unpaired) electrons. The highest BCUT2D eigenvalue weighted by Crippen LogP contribution is 2.26. The molecule has 0 aromatic heterocycles. The lowest BCUT2D eigenvalue weighted by Crippen LogP contribution is -2.45. The number of nitrogens with one attached hydrogen (secondary N) is 2. The van der Waals surface area contributed by atoms with Crippen molar-refractivity contribution in [3.05, 3.63) is 23.8 Å². The van der Waals surface area contributed by atoms with Gasteiger partial charge in [0.05, 0.1) is 11.7 Å². The lowest BCUT2D eigenvalue weighted by atomic mass is 10.0. The lowest BCUT2D eigenvalue weighted by Gasteiger charge is -2.34. The Labute approximate surface area is 179 Å². The molecule has 0 bridgehead atoms. The molecule has 3 atom stereocenters. The van der Waals surface area contributed by atoms with Gasteiger partial charge in [-0.25, -0.2) is 4.79 Å². The third-order valence-corrected chi connectivity index (χ3v) is 5.55. The van der Waals surface area contributed by atoms with Gasteiger partial charge in [-0.3, -0.25) is 9.69 Å². The minimum Gasteiger partial charge on any atom is -0.491 e. The van der Waals surface area contributed by atoms with Crippen molar-refractivity contribution in [2.75, 3.05) is 52.8 Å². The summed E-state index contributed by atoms with van der Waals surface area (Å²) in [5, 5.41) is 5.55. The number of hydrogen-bond acceptors (Lipinski definition) is 5. The Morgan fingerprint density at radius 1 is 1.27 bits per heavy atom. The topological polar surface area (TPSA) is 83.1 Å². The molecule has 0 spiro atoms. The Balaban J connectivity index is 2.33. The van der Waals surface area contributed by atoms with Gasteiger partial charge in [0.2, 0.25) is 0 Å². The van der Waals surface area contributed by atoms with Crippen molar-refractivity contribution in [2.24, 2.45) is 5.92 Å². The van der Waals surface area contributed by atoms with Gasteiger partial charge in [0.1, 0.15) is 12.4 Å². The van der Waals surface area contributed by atoms with E-state index in [2.05, 4.69) is 36.4 Å². The standard InChI is InChI=1S/C22H36N4O4/c1-7-10-23-22(28)24-17-8-9-19-18(11-17)21(27)26(5)13-20(29-6)15(2)12-25(4)16(3)14-30-19/h8-9,11,15-16,20H,7,10,12-14H2,1-6H3,(H2,23,24,28)/t15-,16+,20-/m1/s1. The van der Waals surface area contributed by atoms with Gasteiger partial charge >= 0.3 is 6.03 Å². The number of amides is 3. The number of ether oxygens (including phenoxy) is 2. The fourth-order valence-electron chi connectivity index (χ4n) is 3.45. The van der Waals surface area contributed by atoms with E-state index in [1.807, 2.05) is 6.92 Å². The predicted octanol–water partition coefficient (Wildman–Crippen LogP) is 2.65. The number of hydrogen-bond donors (Lipinski definition) is 2. The van der Waals surface area contributed by atoms with E-state index in [1.165, 1.54) is 0 Å². The Hall–Kier alpha value is -2.32. The number of fused-ring (bicyclic) bond motifs is 1. The molecule has 1 aliphatic rings. The molecule has 0 saturated carbocycles. The Kier molecular flexibility index (Phi) is 8.92.